The molecule has 0 aromatic rings. The van der Waals surface area contributed by atoms with E-state index in [4.69, 9.17) is 5.90 Å². The molecule has 0 aromatic heterocycles. The second kappa shape index (κ2) is 2.27. The lowest BCUT2D eigenvalue weighted by Crippen LogP contribution is -2.34. The van der Waals surface area contributed by atoms with Crippen molar-refractivity contribution in [2.24, 2.45) is 17.2 Å². The fourth-order valence-corrected chi connectivity index (χ4v) is 1.76. The highest BCUT2D eigenvalue weighted by atomic mass is 16.6. The minimum absolute atomic E-state index is 0.559. The predicted molar refractivity (Wildman–Crippen MR) is 36.6 cm³/mol. The molecule has 0 aromatic carbocycles. The first-order valence-electron chi connectivity index (χ1n) is 3.46. The Morgan fingerprint density at radius 1 is 1.56 bits per heavy atom. The van der Waals surface area contributed by atoms with E-state index >= 15 is 0 Å². The summed E-state index contributed by atoms with van der Waals surface area (Å²) in [5.41, 5.74) is 0.559. The number of hydrogen-bond acceptors (Lipinski definition) is 2. The monoisotopic (exact) mass is 129 g/mol. The molecular weight excluding hydrogens is 114 g/mol. The standard InChI is InChI=1S/C7H15NO/c1-7(2)3-6(4-7)5-9-8/h6H,3-5,8H2,1-2H3. The van der Waals surface area contributed by atoms with Crippen molar-refractivity contribution in [3.8, 4) is 0 Å². The van der Waals surface area contributed by atoms with Crippen LogP contribution in [-0.4, -0.2) is 6.61 Å². The van der Waals surface area contributed by atoms with Crippen LogP contribution in [0.25, 0.3) is 0 Å². The normalized spacial score (nSPS) is 25.7. The van der Waals surface area contributed by atoms with Crippen LogP contribution < -0.4 is 5.90 Å². The third kappa shape index (κ3) is 1.66. The number of hydrogen-bond donors (Lipinski definition) is 1. The Morgan fingerprint density at radius 2 is 2.11 bits per heavy atom. The Labute approximate surface area is 56.3 Å². The minimum atomic E-state index is 0.559. The summed E-state index contributed by atoms with van der Waals surface area (Å²) in [6, 6.07) is 0. The van der Waals surface area contributed by atoms with Crippen molar-refractivity contribution in [2.75, 3.05) is 6.61 Å². The lowest BCUT2D eigenvalue weighted by atomic mass is 9.65. The van der Waals surface area contributed by atoms with Gasteiger partial charge < -0.3 is 4.84 Å². The molecule has 1 rings (SSSR count). The Morgan fingerprint density at radius 3 is 2.44 bits per heavy atom. The van der Waals surface area contributed by atoms with Gasteiger partial charge in [0.05, 0.1) is 6.61 Å². The summed E-state index contributed by atoms with van der Waals surface area (Å²) in [6.45, 7) is 5.30. The van der Waals surface area contributed by atoms with Crippen molar-refractivity contribution >= 4 is 0 Å². The van der Waals surface area contributed by atoms with Crippen LogP contribution in [0.4, 0.5) is 0 Å². The summed E-state index contributed by atoms with van der Waals surface area (Å²) < 4.78 is 0. The van der Waals surface area contributed by atoms with Crippen LogP contribution in [0.15, 0.2) is 0 Å². The largest absolute Gasteiger partial charge is 0.304 e. The van der Waals surface area contributed by atoms with Crippen LogP contribution in [0.1, 0.15) is 26.7 Å². The minimum Gasteiger partial charge on any atom is -0.304 e. The molecule has 0 heterocycles. The molecule has 0 radical (unpaired) electrons. The summed E-state index contributed by atoms with van der Waals surface area (Å²) >= 11 is 0. The van der Waals surface area contributed by atoms with Crippen molar-refractivity contribution in [3.05, 3.63) is 0 Å². The topological polar surface area (TPSA) is 35.2 Å². The Balaban J connectivity index is 2.12. The molecule has 0 bridgehead atoms. The molecule has 1 fully saturated rings. The van der Waals surface area contributed by atoms with Crippen LogP contribution >= 0.6 is 0 Å². The maximum absolute atomic E-state index is 4.93. The van der Waals surface area contributed by atoms with Gasteiger partial charge in [0.1, 0.15) is 0 Å². The van der Waals surface area contributed by atoms with Gasteiger partial charge in [-0.3, -0.25) is 0 Å². The van der Waals surface area contributed by atoms with Gasteiger partial charge in [0.25, 0.3) is 0 Å². The molecule has 0 spiro atoms. The van der Waals surface area contributed by atoms with Crippen LogP contribution in [0, 0.1) is 11.3 Å². The zero-order valence-corrected chi connectivity index (χ0v) is 6.18. The van der Waals surface area contributed by atoms with Gasteiger partial charge >= 0.3 is 0 Å². The van der Waals surface area contributed by atoms with Gasteiger partial charge in [-0.2, -0.15) is 0 Å². The molecule has 2 nitrogen and oxygen atoms in total. The summed E-state index contributed by atoms with van der Waals surface area (Å²) in [4.78, 5) is 4.54. The maximum atomic E-state index is 4.93. The summed E-state index contributed by atoms with van der Waals surface area (Å²) in [5.74, 6) is 5.65. The molecule has 0 unspecified atom stereocenters. The van der Waals surface area contributed by atoms with E-state index in [0.717, 1.165) is 12.5 Å². The second-order valence-electron chi connectivity index (χ2n) is 3.77. The first-order valence-corrected chi connectivity index (χ1v) is 3.46. The van der Waals surface area contributed by atoms with Crippen molar-refractivity contribution in [2.45, 2.75) is 26.7 Å². The van der Waals surface area contributed by atoms with E-state index in [1.807, 2.05) is 0 Å². The Hall–Kier alpha value is -0.0800. The average molecular weight is 129 g/mol. The molecule has 9 heavy (non-hydrogen) atoms. The lowest BCUT2D eigenvalue weighted by molar-refractivity contribution is 0.00661. The number of rotatable bonds is 2. The van der Waals surface area contributed by atoms with E-state index in [0.29, 0.717) is 5.41 Å². The van der Waals surface area contributed by atoms with Crippen LogP contribution in [-0.2, 0) is 4.84 Å². The lowest BCUT2D eigenvalue weighted by Gasteiger charge is -2.41. The molecule has 0 atom stereocenters. The van der Waals surface area contributed by atoms with E-state index in [2.05, 4.69) is 18.7 Å². The van der Waals surface area contributed by atoms with Crippen molar-refractivity contribution in [3.63, 3.8) is 0 Å². The molecular formula is C7H15NO. The first kappa shape index (κ1) is 7.03. The van der Waals surface area contributed by atoms with Gasteiger partial charge in [-0.05, 0) is 24.2 Å². The van der Waals surface area contributed by atoms with Gasteiger partial charge in [-0.15, -0.1) is 0 Å². The Bertz CT molecular complexity index is 93.1. The van der Waals surface area contributed by atoms with Crippen molar-refractivity contribution in [1.29, 1.82) is 0 Å². The summed E-state index contributed by atoms with van der Waals surface area (Å²) in [6.07, 6.45) is 2.54. The molecule has 0 aliphatic heterocycles. The summed E-state index contributed by atoms with van der Waals surface area (Å²) in [7, 11) is 0. The number of nitrogens with two attached hydrogens (primary N) is 1. The zero-order valence-electron chi connectivity index (χ0n) is 6.18. The first-order chi connectivity index (χ1) is 4.14. The molecule has 0 saturated heterocycles. The predicted octanol–water partition coefficient (Wildman–Crippen LogP) is 1.31. The third-order valence-electron chi connectivity index (χ3n) is 2.01. The van der Waals surface area contributed by atoms with Gasteiger partial charge in [-0.1, -0.05) is 13.8 Å². The van der Waals surface area contributed by atoms with E-state index in [9.17, 15) is 0 Å². The smallest absolute Gasteiger partial charge is 0.0707 e. The average Bonchev–Trinajstić information content (AvgIpc) is 1.62. The molecule has 1 saturated carbocycles. The van der Waals surface area contributed by atoms with Crippen LogP contribution in [0.2, 0.25) is 0 Å². The maximum Gasteiger partial charge on any atom is 0.0707 e. The van der Waals surface area contributed by atoms with Gasteiger partial charge in [0.2, 0.25) is 0 Å². The molecule has 2 N–H and O–H groups in total. The molecule has 1 aliphatic carbocycles. The Kier molecular flexibility index (Phi) is 1.78. The van der Waals surface area contributed by atoms with Crippen molar-refractivity contribution in [1.82, 2.24) is 0 Å². The molecule has 1 aliphatic rings. The summed E-state index contributed by atoms with van der Waals surface area (Å²) in [5, 5.41) is 0. The van der Waals surface area contributed by atoms with E-state index in [1.54, 1.807) is 0 Å². The molecule has 0 amide bonds. The third-order valence-corrected chi connectivity index (χ3v) is 2.01. The van der Waals surface area contributed by atoms with Crippen molar-refractivity contribution < 1.29 is 4.84 Å². The second-order valence-corrected chi connectivity index (χ2v) is 3.77. The van der Waals surface area contributed by atoms with E-state index < -0.39 is 0 Å². The quantitative estimate of drug-likeness (QED) is 0.570. The van der Waals surface area contributed by atoms with Gasteiger partial charge in [0, 0.05) is 0 Å². The van der Waals surface area contributed by atoms with Gasteiger partial charge in [0.15, 0.2) is 0 Å². The van der Waals surface area contributed by atoms with Crippen LogP contribution in [0.5, 0.6) is 0 Å². The highest BCUT2D eigenvalue weighted by Crippen LogP contribution is 2.44. The fraction of sp³-hybridized carbons (Fsp3) is 1.00. The zero-order chi connectivity index (χ0) is 6.91. The highest BCUT2D eigenvalue weighted by molar-refractivity contribution is 4.86. The SMILES string of the molecule is CC1(C)CC(CON)C1. The van der Waals surface area contributed by atoms with E-state index in [1.165, 1.54) is 12.8 Å². The highest BCUT2D eigenvalue weighted by Gasteiger charge is 2.35. The van der Waals surface area contributed by atoms with Crippen LogP contribution in [0.3, 0.4) is 0 Å². The van der Waals surface area contributed by atoms with E-state index in [-0.39, 0.29) is 0 Å². The van der Waals surface area contributed by atoms with Gasteiger partial charge in [-0.25, -0.2) is 5.90 Å². The molecule has 2 heteroatoms. The molecule has 54 valence electrons. The fourth-order valence-electron chi connectivity index (χ4n) is 1.76.